The Morgan fingerprint density at radius 3 is 2.63 bits per heavy atom. The smallest absolute Gasteiger partial charge is 0.257 e. The minimum atomic E-state index is -0.529. The van der Waals surface area contributed by atoms with E-state index in [2.05, 4.69) is 15.8 Å². The number of ketones is 1. The summed E-state index contributed by atoms with van der Waals surface area (Å²) in [6.45, 7) is 0. The fraction of sp³-hybridized carbons (Fsp3) is 0. The average Bonchev–Trinajstić information content (AvgIpc) is 2.94. The van der Waals surface area contributed by atoms with Crippen LogP contribution in [-0.4, -0.2) is 17.9 Å². The molecule has 5 nitrogen and oxygen atoms in total. The Kier molecular flexibility index (Phi) is 5.96. The van der Waals surface area contributed by atoms with Gasteiger partial charge in [0, 0.05) is 28.6 Å². The minimum absolute atomic E-state index is 0.0825. The van der Waals surface area contributed by atoms with E-state index in [1.807, 2.05) is 0 Å². The first-order valence-corrected chi connectivity index (χ1v) is 8.86. The van der Waals surface area contributed by atoms with Crippen molar-refractivity contribution in [3.05, 3.63) is 86.5 Å². The van der Waals surface area contributed by atoms with Gasteiger partial charge < -0.3 is 5.32 Å². The van der Waals surface area contributed by atoms with Crippen LogP contribution in [0.3, 0.4) is 0 Å². The van der Waals surface area contributed by atoms with Crippen molar-refractivity contribution < 1.29 is 9.59 Å². The average molecular weight is 421 g/mol. The van der Waals surface area contributed by atoms with Crippen LogP contribution < -0.4 is 10.7 Å². The summed E-state index contributed by atoms with van der Waals surface area (Å²) >= 11 is 18.0. The van der Waals surface area contributed by atoms with Crippen molar-refractivity contribution in [1.29, 1.82) is 0 Å². The molecule has 27 heavy (non-hydrogen) atoms. The van der Waals surface area contributed by atoms with Gasteiger partial charge in [0.1, 0.15) is 0 Å². The molecule has 0 atom stereocenters. The van der Waals surface area contributed by atoms with E-state index in [1.165, 1.54) is 18.3 Å². The first kappa shape index (κ1) is 19.2. The molecular weight excluding hydrogens is 409 g/mol. The Labute approximate surface area is 170 Å². The third-order valence-corrected chi connectivity index (χ3v) is 4.68. The molecule has 0 unspecified atom stereocenters. The molecule has 1 aliphatic rings. The number of carbonyl (C=O) groups excluding carboxylic acids is 2. The zero-order chi connectivity index (χ0) is 19.4. The lowest BCUT2D eigenvalue weighted by Crippen LogP contribution is -2.16. The van der Waals surface area contributed by atoms with Crippen LogP contribution in [0.5, 0.6) is 0 Å². The van der Waals surface area contributed by atoms with Gasteiger partial charge in [-0.2, -0.15) is 5.10 Å². The van der Waals surface area contributed by atoms with Gasteiger partial charge in [-0.25, -0.2) is 0 Å². The molecule has 2 aromatic rings. The second-order valence-electron chi connectivity index (χ2n) is 5.44. The van der Waals surface area contributed by atoms with Gasteiger partial charge in [0.15, 0.2) is 5.78 Å². The number of allylic oxidation sites excluding steroid dienone is 3. The SMILES string of the molecule is O=C(C1=CC=NNC=C1)c1ccccc1NC(=O)c1cc(Cl)cc(Cl)c1Cl. The number of anilines is 1. The van der Waals surface area contributed by atoms with Crippen LogP contribution in [0.25, 0.3) is 0 Å². The highest BCUT2D eigenvalue weighted by Gasteiger charge is 2.19. The van der Waals surface area contributed by atoms with Crippen molar-refractivity contribution in [3.63, 3.8) is 0 Å². The maximum Gasteiger partial charge on any atom is 0.257 e. The van der Waals surface area contributed by atoms with Crippen molar-refractivity contribution >= 4 is 58.4 Å². The summed E-state index contributed by atoms with van der Waals surface area (Å²) in [5.41, 5.74) is 3.82. The zero-order valence-corrected chi connectivity index (χ0v) is 15.9. The van der Waals surface area contributed by atoms with E-state index in [9.17, 15) is 9.59 Å². The van der Waals surface area contributed by atoms with Gasteiger partial charge in [0.05, 0.1) is 21.3 Å². The van der Waals surface area contributed by atoms with Crippen molar-refractivity contribution in [2.24, 2.45) is 5.10 Å². The van der Waals surface area contributed by atoms with Gasteiger partial charge in [-0.15, -0.1) is 0 Å². The highest BCUT2D eigenvalue weighted by molar-refractivity contribution is 6.45. The highest BCUT2D eigenvalue weighted by atomic mass is 35.5. The molecule has 136 valence electrons. The monoisotopic (exact) mass is 419 g/mol. The molecule has 1 amide bonds. The van der Waals surface area contributed by atoms with Gasteiger partial charge in [-0.3, -0.25) is 15.0 Å². The Morgan fingerprint density at radius 1 is 1.04 bits per heavy atom. The molecule has 0 saturated heterocycles. The predicted molar refractivity (Wildman–Crippen MR) is 109 cm³/mol. The Morgan fingerprint density at radius 2 is 1.81 bits per heavy atom. The predicted octanol–water partition coefficient (Wildman–Crippen LogP) is 5.11. The zero-order valence-electron chi connectivity index (χ0n) is 13.7. The van der Waals surface area contributed by atoms with E-state index in [0.717, 1.165) is 0 Å². The molecule has 0 aromatic heterocycles. The minimum Gasteiger partial charge on any atom is -0.321 e. The number of amides is 1. The third kappa shape index (κ3) is 4.39. The summed E-state index contributed by atoms with van der Waals surface area (Å²) in [6.07, 6.45) is 6.19. The van der Waals surface area contributed by atoms with Gasteiger partial charge in [-0.1, -0.05) is 46.9 Å². The maximum atomic E-state index is 12.8. The third-order valence-electron chi connectivity index (χ3n) is 3.66. The number of halogens is 3. The van der Waals surface area contributed by atoms with E-state index in [4.69, 9.17) is 34.8 Å². The number of hydrogen-bond acceptors (Lipinski definition) is 4. The van der Waals surface area contributed by atoms with E-state index in [0.29, 0.717) is 16.8 Å². The Bertz CT molecular complexity index is 1010. The highest BCUT2D eigenvalue weighted by Crippen LogP contribution is 2.30. The maximum absolute atomic E-state index is 12.8. The second kappa shape index (κ2) is 8.39. The molecule has 0 aliphatic carbocycles. The Hall–Kier alpha value is -2.60. The quantitative estimate of drug-likeness (QED) is 0.533. The fourth-order valence-electron chi connectivity index (χ4n) is 2.39. The van der Waals surface area contributed by atoms with E-state index < -0.39 is 5.91 Å². The summed E-state index contributed by atoms with van der Waals surface area (Å²) < 4.78 is 0. The fourth-order valence-corrected chi connectivity index (χ4v) is 3.08. The molecule has 0 radical (unpaired) electrons. The van der Waals surface area contributed by atoms with Crippen LogP contribution in [0.2, 0.25) is 15.1 Å². The van der Waals surface area contributed by atoms with Crippen LogP contribution in [0.4, 0.5) is 5.69 Å². The largest absolute Gasteiger partial charge is 0.321 e. The number of hydrazone groups is 1. The molecule has 0 saturated carbocycles. The van der Waals surface area contributed by atoms with Crippen LogP contribution in [0.1, 0.15) is 20.7 Å². The van der Waals surface area contributed by atoms with Gasteiger partial charge in [0.2, 0.25) is 0 Å². The molecule has 0 bridgehead atoms. The van der Waals surface area contributed by atoms with Gasteiger partial charge in [-0.05, 0) is 36.4 Å². The summed E-state index contributed by atoms with van der Waals surface area (Å²) in [5.74, 6) is -0.800. The molecule has 0 fully saturated rings. The van der Waals surface area contributed by atoms with Crippen LogP contribution >= 0.6 is 34.8 Å². The number of nitrogens with zero attached hydrogens (tertiary/aromatic N) is 1. The number of carbonyl (C=O) groups is 2. The summed E-state index contributed by atoms with van der Waals surface area (Å²) in [5, 5.41) is 7.06. The van der Waals surface area contributed by atoms with E-state index >= 15 is 0 Å². The van der Waals surface area contributed by atoms with Crippen molar-refractivity contribution in [3.8, 4) is 0 Å². The molecule has 1 aliphatic heterocycles. The lowest BCUT2D eigenvalue weighted by molar-refractivity contribution is 0.102. The van der Waals surface area contributed by atoms with Crippen LogP contribution in [0.15, 0.2) is 65.4 Å². The van der Waals surface area contributed by atoms with Crippen molar-refractivity contribution in [2.45, 2.75) is 0 Å². The van der Waals surface area contributed by atoms with E-state index in [-0.39, 0.29) is 26.4 Å². The lowest BCUT2D eigenvalue weighted by Gasteiger charge is -2.12. The van der Waals surface area contributed by atoms with Crippen molar-refractivity contribution in [2.75, 3.05) is 5.32 Å². The summed E-state index contributed by atoms with van der Waals surface area (Å²) in [4.78, 5) is 25.5. The van der Waals surface area contributed by atoms with Crippen LogP contribution in [-0.2, 0) is 0 Å². The molecule has 2 N–H and O–H groups in total. The number of para-hydroxylation sites is 1. The van der Waals surface area contributed by atoms with E-state index in [1.54, 1.807) is 42.6 Å². The molecule has 8 heteroatoms. The molecule has 1 heterocycles. The molecule has 2 aromatic carbocycles. The van der Waals surface area contributed by atoms with Crippen LogP contribution in [0, 0.1) is 0 Å². The second-order valence-corrected chi connectivity index (χ2v) is 6.66. The first-order chi connectivity index (χ1) is 13.0. The topological polar surface area (TPSA) is 70.6 Å². The molecular formula is C19H12Cl3N3O2. The Balaban J connectivity index is 1.93. The normalized spacial score (nSPS) is 12.8. The van der Waals surface area contributed by atoms with Gasteiger partial charge in [0.25, 0.3) is 5.91 Å². The summed E-state index contributed by atoms with van der Waals surface area (Å²) in [7, 11) is 0. The number of hydrogen-bond donors (Lipinski definition) is 2. The molecule has 3 rings (SSSR count). The number of benzene rings is 2. The number of rotatable bonds is 4. The molecule has 0 spiro atoms. The summed E-state index contributed by atoms with van der Waals surface area (Å²) in [6, 6.07) is 9.51. The van der Waals surface area contributed by atoms with Gasteiger partial charge >= 0.3 is 0 Å². The number of Topliss-reactive ketones (excluding diaryl/α,β-unsaturated/α-hetero) is 1. The number of nitrogens with one attached hydrogen (secondary N) is 2. The first-order valence-electron chi connectivity index (χ1n) is 7.72. The van der Waals surface area contributed by atoms with Crippen molar-refractivity contribution in [1.82, 2.24) is 5.43 Å². The standard InChI is InChI=1S/C19H12Cl3N3O2/c20-12-9-14(17(22)15(21)10-12)19(27)25-16-4-2-1-3-13(16)18(26)11-5-7-23-24-8-6-11/h1-10,23H,(H,25,27). The lowest BCUT2D eigenvalue weighted by atomic mass is 10.0.